The van der Waals surface area contributed by atoms with E-state index in [0.717, 1.165) is 29.7 Å². The summed E-state index contributed by atoms with van der Waals surface area (Å²) >= 11 is 0. The van der Waals surface area contributed by atoms with E-state index in [0.29, 0.717) is 13.2 Å². The highest BCUT2D eigenvalue weighted by Gasteiger charge is 2.22. The van der Waals surface area contributed by atoms with Crippen LogP contribution in [0.25, 0.3) is 11.3 Å². The lowest BCUT2D eigenvalue weighted by atomic mass is 10.2. The van der Waals surface area contributed by atoms with Crippen LogP contribution in [0, 0.1) is 0 Å². The maximum Gasteiger partial charge on any atom is 0.249 e. The fraction of sp³-hybridized carbons (Fsp3) is 0.400. The standard InChI is InChI=1S/C15H18N4O2/c1-19-10-12(9-18-19)13-5-4-11(7-16-13)8-17-15(20)14-3-2-6-21-14/h4-5,7,9-10,14H,2-3,6,8H2,1H3,(H,17,20). The van der Waals surface area contributed by atoms with Gasteiger partial charge in [-0.05, 0) is 24.5 Å². The van der Waals surface area contributed by atoms with Crippen molar-refractivity contribution in [1.82, 2.24) is 20.1 Å². The third kappa shape index (κ3) is 3.28. The Balaban J connectivity index is 1.58. The van der Waals surface area contributed by atoms with Gasteiger partial charge in [0.05, 0.1) is 11.9 Å². The topological polar surface area (TPSA) is 69.0 Å². The average Bonchev–Trinajstić information content (AvgIpc) is 3.17. The van der Waals surface area contributed by atoms with Gasteiger partial charge in [-0.2, -0.15) is 5.10 Å². The van der Waals surface area contributed by atoms with Crippen molar-refractivity contribution in [2.45, 2.75) is 25.5 Å². The molecule has 0 spiro atoms. The van der Waals surface area contributed by atoms with Gasteiger partial charge in [0.1, 0.15) is 6.10 Å². The second-order valence-corrected chi connectivity index (χ2v) is 5.17. The van der Waals surface area contributed by atoms with Gasteiger partial charge in [0.2, 0.25) is 5.91 Å². The summed E-state index contributed by atoms with van der Waals surface area (Å²) in [5.41, 5.74) is 2.82. The van der Waals surface area contributed by atoms with Crippen molar-refractivity contribution >= 4 is 5.91 Å². The Kier molecular flexibility index (Phi) is 3.96. The summed E-state index contributed by atoms with van der Waals surface area (Å²) in [4.78, 5) is 16.2. The SMILES string of the molecule is Cn1cc(-c2ccc(CNC(=O)C3CCCO3)cn2)cn1. The zero-order chi connectivity index (χ0) is 14.7. The fourth-order valence-electron chi connectivity index (χ4n) is 2.34. The van der Waals surface area contributed by atoms with Crippen molar-refractivity contribution < 1.29 is 9.53 Å². The van der Waals surface area contributed by atoms with E-state index in [1.54, 1.807) is 17.1 Å². The van der Waals surface area contributed by atoms with Crippen LogP contribution in [-0.2, 0) is 23.1 Å². The molecule has 1 fully saturated rings. The summed E-state index contributed by atoms with van der Waals surface area (Å²) in [6.45, 7) is 1.15. The molecule has 1 aliphatic heterocycles. The molecule has 0 aromatic carbocycles. The van der Waals surface area contributed by atoms with Crippen LogP contribution < -0.4 is 5.32 Å². The van der Waals surface area contributed by atoms with Gasteiger partial charge in [0.15, 0.2) is 0 Å². The van der Waals surface area contributed by atoms with Crippen LogP contribution in [0.4, 0.5) is 0 Å². The van der Waals surface area contributed by atoms with Gasteiger partial charge in [0.25, 0.3) is 0 Å². The predicted octanol–water partition coefficient (Wildman–Crippen LogP) is 1.28. The highest BCUT2D eigenvalue weighted by molar-refractivity contribution is 5.80. The van der Waals surface area contributed by atoms with E-state index in [2.05, 4.69) is 15.4 Å². The number of aromatic nitrogens is 3. The zero-order valence-corrected chi connectivity index (χ0v) is 12.0. The van der Waals surface area contributed by atoms with Gasteiger partial charge in [-0.25, -0.2) is 0 Å². The van der Waals surface area contributed by atoms with E-state index in [1.807, 2.05) is 25.4 Å². The smallest absolute Gasteiger partial charge is 0.249 e. The van der Waals surface area contributed by atoms with E-state index in [9.17, 15) is 4.79 Å². The molecule has 1 amide bonds. The number of aryl methyl sites for hydroxylation is 1. The van der Waals surface area contributed by atoms with Gasteiger partial charge in [-0.15, -0.1) is 0 Å². The molecule has 1 atom stereocenters. The summed E-state index contributed by atoms with van der Waals surface area (Å²) in [5.74, 6) is -0.0381. The van der Waals surface area contributed by atoms with E-state index in [4.69, 9.17) is 4.74 Å². The molecule has 0 aliphatic carbocycles. The normalized spacial score (nSPS) is 17.9. The number of amides is 1. The minimum Gasteiger partial charge on any atom is -0.368 e. The highest BCUT2D eigenvalue weighted by atomic mass is 16.5. The van der Waals surface area contributed by atoms with Gasteiger partial charge in [0, 0.05) is 38.2 Å². The van der Waals surface area contributed by atoms with Crippen LogP contribution in [0.1, 0.15) is 18.4 Å². The first kappa shape index (κ1) is 13.8. The first-order valence-electron chi connectivity index (χ1n) is 7.05. The predicted molar refractivity (Wildman–Crippen MR) is 77.3 cm³/mol. The number of nitrogens with zero attached hydrogens (tertiary/aromatic N) is 3. The third-order valence-corrected chi connectivity index (χ3v) is 3.51. The van der Waals surface area contributed by atoms with E-state index in [1.165, 1.54) is 0 Å². The molecule has 0 saturated carbocycles. The van der Waals surface area contributed by atoms with Crippen molar-refractivity contribution in [3.8, 4) is 11.3 Å². The summed E-state index contributed by atoms with van der Waals surface area (Å²) in [6, 6.07) is 3.90. The van der Waals surface area contributed by atoms with Crippen molar-refractivity contribution in [2.75, 3.05) is 6.61 Å². The Labute approximate surface area is 123 Å². The molecule has 1 unspecified atom stereocenters. The number of hydrogen-bond donors (Lipinski definition) is 1. The molecule has 3 heterocycles. The first-order chi connectivity index (χ1) is 10.2. The van der Waals surface area contributed by atoms with Crippen LogP contribution in [0.15, 0.2) is 30.7 Å². The molecule has 2 aromatic heterocycles. The maximum absolute atomic E-state index is 11.8. The Hall–Kier alpha value is -2.21. The van der Waals surface area contributed by atoms with Gasteiger partial charge >= 0.3 is 0 Å². The van der Waals surface area contributed by atoms with Crippen LogP contribution in [0.5, 0.6) is 0 Å². The van der Waals surface area contributed by atoms with Gasteiger partial charge < -0.3 is 10.1 Å². The molecule has 21 heavy (non-hydrogen) atoms. The van der Waals surface area contributed by atoms with Crippen LogP contribution in [0.2, 0.25) is 0 Å². The lowest BCUT2D eigenvalue weighted by molar-refractivity contribution is -0.130. The lowest BCUT2D eigenvalue weighted by Gasteiger charge is -2.10. The van der Waals surface area contributed by atoms with E-state index in [-0.39, 0.29) is 12.0 Å². The largest absolute Gasteiger partial charge is 0.368 e. The maximum atomic E-state index is 11.8. The number of pyridine rings is 1. The van der Waals surface area contributed by atoms with Crippen molar-refractivity contribution in [2.24, 2.45) is 7.05 Å². The van der Waals surface area contributed by atoms with Gasteiger partial charge in [-0.1, -0.05) is 6.07 Å². The molecular formula is C15H18N4O2. The van der Waals surface area contributed by atoms with Crippen LogP contribution in [0.3, 0.4) is 0 Å². The average molecular weight is 286 g/mol. The molecule has 2 aromatic rings. The molecule has 3 rings (SSSR count). The quantitative estimate of drug-likeness (QED) is 0.919. The molecule has 110 valence electrons. The Morgan fingerprint density at radius 3 is 3.00 bits per heavy atom. The fourth-order valence-corrected chi connectivity index (χ4v) is 2.34. The summed E-state index contributed by atoms with van der Waals surface area (Å²) in [7, 11) is 1.87. The first-order valence-corrected chi connectivity index (χ1v) is 7.05. The Morgan fingerprint density at radius 2 is 2.38 bits per heavy atom. The third-order valence-electron chi connectivity index (χ3n) is 3.51. The number of ether oxygens (including phenoxy) is 1. The molecule has 0 radical (unpaired) electrons. The summed E-state index contributed by atoms with van der Waals surface area (Å²) in [5, 5.41) is 7.01. The Bertz CT molecular complexity index is 615. The molecule has 1 aliphatic rings. The van der Waals surface area contributed by atoms with E-state index >= 15 is 0 Å². The van der Waals surface area contributed by atoms with Crippen molar-refractivity contribution in [3.05, 3.63) is 36.3 Å². The molecular weight excluding hydrogens is 268 g/mol. The zero-order valence-electron chi connectivity index (χ0n) is 12.0. The molecule has 1 saturated heterocycles. The number of nitrogens with one attached hydrogen (secondary N) is 1. The number of carbonyl (C=O) groups excluding carboxylic acids is 1. The highest BCUT2D eigenvalue weighted by Crippen LogP contribution is 2.16. The lowest BCUT2D eigenvalue weighted by Crippen LogP contribution is -2.33. The van der Waals surface area contributed by atoms with E-state index < -0.39 is 0 Å². The number of hydrogen-bond acceptors (Lipinski definition) is 4. The molecule has 0 bridgehead atoms. The molecule has 6 heteroatoms. The van der Waals surface area contributed by atoms with Crippen molar-refractivity contribution in [1.29, 1.82) is 0 Å². The second kappa shape index (κ2) is 6.05. The minimum absolute atomic E-state index is 0.0381. The second-order valence-electron chi connectivity index (χ2n) is 5.17. The van der Waals surface area contributed by atoms with Crippen molar-refractivity contribution in [3.63, 3.8) is 0 Å². The van der Waals surface area contributed by atoms with Crippen LogP contribution in [-0.4, -0.2) is 33.4 Å². The summed E-state index contributed by atoms with van der Waals surface area (Å²) in [6.07, 6.45) is 6.96. The Morgan fingerprint density at radius 1 is 1.48 bits per heavy atom. The monoisotopic (exact) mass is 286 g/mol. The molecule has 6 nitrogen and oxygen atoms in total. The number of carbonyl (C=O) groups is 1. The summed E-state index contributed by atoms with van der Waals surface area (Å²) < 4.78 is 7.09. The number of rotatable bonds is 4. The molecule has 1 N–H and O–H groups in total. The van der Waals surface area contributed by atoms with Gasteiger partial charge in [-0.3, -0.25) is 14.5 Å². The minimum atomic E-state index is -0.285. The van der Waals surface area contributed by atoms with Crippen LogP contribution >= 0.6 is 0 Å².